The maximum absolute atomic E-state index is 14.2. The number of likely N-dealkylation sites (tertiary alicyclic amines) is 1. The number of methoxy groups -OCH3 is 1. The normalized spacial score (nSPS) is 17.9. The molecule has 17 nitrogen and oxygen atoms in total. The quantitative estimate of drug-likeness (QED) is 0.0622. The number of fused-ring (bicyclic) bond motifs is 2. The number of aromatic nitrogens is 3. The highest BCUT2D eigenvalue weighted by Crippen LogP contribution is 2.39. The smallest absolute Gasteiger partial charge is 0.260 e. The standard InChI is InChI=1S/C55H71N11O6S/c1-35(37-19-21-38(22-20-37)48-36(2)57-34-73-48)58-51(69)44-31-40(67)33-66(44)53(71)49(55(3,4)5)60-47(68)18-12-10-9-11-15-25-64-26-28-65(29-27-64)39-23-24-42(46(30-39)72-8)59-54-56-32-45-50(61-54)62(6)43-17-14-13-16-41(43)52(70)63(45)7/h13-14,16-17,19-24,30,32,34-35,40,44,49,67H,9-12,15,18,25-29,31,33H2,1-8H3,(H,58,69)(H,60,68)(H,56,59,61). The van der Waals surface area contributed by atoms with Crippen LogP contribution in [-0.2, 0) is 14.4 Å². The van der Waals surface area contributed by atoms with Gasteiger partial charge in [-0.2, -0.15) is 4.98 Å². The number of carbonyl (C=O) groups is 4. The number of carbonyl (C=O) groups excluding carboxylic acids is 4. The van der Waals surface area contributed by atoms with Gasteiger partial charge in [-0.15, -0.1) is 11.3 Å². The zero-order valence-electron chi connectivity index (χ0n) is 43.5. The van der Waals surface area contributed by atoms with Gasteiger partial charge < -0.3 is 45.4 Å². The summed E-state index contributed by atoms with van der Waals surface area (Å²) >= 11 is 1.59. The van der Waals surface area contributed by atoms with Crippen LogP contribution in [0.25, 0.3) is 10.4 Å². The molecule has 4 unspecified atom stereocenters. The van der Waals surface area contributed by atoms with Crippen LogP contribution in [0.4, 0.5) is 34.5 Å². The van der Waals surface area contributed by atoms with Gasteiger partial charge in [0.15, 0.2) is 5.82 Å². The van der Waals surface area contributed by atoms with E-state index < -0.39 is 23.6 Å². The number of aliphatic hydroxyl groups excluding tert-OH is 1. The molecule has 0 radical (unpaired) electrons. The molecule has 3 aromatic carbocycles. The number of nitrogens with one attached hydrogen (secondary N) is 3. The Balaban J connectivity index is 0.744. The minimum absolute atomic E-state index is 0.0297. The van der Waals surface area contributed by atoms with Crippen molar-refractivity contribution in [2.75, 3.05) is 80.5 Å². The second-order valence-corrected chi connectivity index (χ2v) is 21.4. The zero-order chi connectivity index (χ0) is 52.0. The van der Waals surface area contributed by atoms with Crippen molar-refractivity contribution in [3.8, 4) is 16.2 Å². The Morgan fingerprint density at radius 3 is 2.33 bits per heavy atom. The number of nitrogens with zero attached hydrogens (tertiary/aromatic N) is 8. The third kappa shape index (κ3) is 12.3. The number of benzene rings is 3. The summed E-state index contributed by atoms with van der Waals surface area (Å²) in [5, 5.41) is 20.1. The van der Waals surface area contributed by atoms with Gasteiger partial charge in [0.05, 0.1) is 58.5 Å². The molecule has 5 aromatic rings. The van der Waals surface area contributed by atoms with Crippen LogP contribution in [0.15, 0.2) is 78.4 Å². The van der Waals surface area contributed by atoms with E-state index in [0.29, 0.717) is 35.2 Å². The SMILES string of the molecule is COc1cc(N2CCN(CCCCCCCC(=O)NC(C(=O)N3CC(O)CC3C(=O)NC(C)c3ccc(-c4scnc4C)cc3)C(C)(C)C)CC2)ccc1Nc1ncc2c(n1)N(C)c1ccccc1C(=O)N2C. The molecular weight excluding hydrogens is 943 g/mol. The van der Waals surface area contributed by atoms with Crippen molar-refractivity contribution >= 4 is 69.5 Å². The van der Waals surface area contributed by atoms with Crippen LogP contribution in [0.1, 0.15) is 100 Å². The van der Waals surface area contributed by atoms with E-state index in [4.69, 9.17) is 9.72 Å². The van der Waals surface area contributed by atoms with Crippen LogP contribution in [-0.4, -0.2) is 132 Å². The lowest BCUT2D eigenvalue weighted by molar-refractivity contribution is -0.144. The van der Waals surface area contributed by atoms with E-state index in [-0.39, 0.29) is 42.6 Å². The summed E-state index contributed by atoms with van der Waals surface area (Å²) in [6, 6.07) is 19.6. The molecule has 2 saturated heterocycles. The molecule has 3 aliphatic heterocycles. The molecule has 0 aliphatic carbocycles. The molecule has 73 heavy (non-hydrogen) atoms. The monoisotopic (exact) mass is 1010 g/mol. The van der Waals surface area contributed by atoms with Gasteiger partial charge in [-0.1, -0.05) is 76.4 Å². The summed E-state index contributed by atoms with van der Waals surface area (Å²) < 4.78 is 5.84. The van der Waals surface area contributed by atoms with E-state index in [1.807, 2.05) is 113 Å². The van der Waals surface area contributed by atoms with Gasteiger partial charge in [0.25, 0.3) is 5.91 Å². The van der Waals surface area contributed by atoms with Crippen molar-refractivity contribution in [3.05, 3.63) is 95.3 Å². The van der Waals surface area contributed by atoms with Gasteiger partial charge >= 0.3 is 0 Å². The van der Waals surface area contributed by atoms with Crippen molar-refractivity contribution < 1.29 is 29.0 Å². The predicted octanol–water partition coefficient (Wildman–Crippen LogP) is 7.85. The van der Waals surface area contributed by atoms with Crippen molar-refractivity contribution in [1.82, 2.24) is 35.4 Å². The van der Waals surface area contributed by atoms with Gasteiger partial charge in [-0.05, 0) is 74.0 Å². The number of ether oxygens (including phenoxy) is 1. The Bertz CT molecular complexity index is 2750. The van der Waals surface area contributed by atoms with Gasteiger partial charge in [-0.3, -0.25) is 24.1 Å². The van der Waals surface area contributed by atoms with E-state index in [9.17, 15) is 24.3 Å². The predicted molar refractivity (Wildman–Crippen MR) is 288 cm³/mol. The summed E-state index contributed by atoms with van der Waals surface area (Å²) in [6.07, 6.45) is 6.07. The zero-order valence-corrected chi connectivity index (χ0v) is 44.3. The number of hydrogen-bond donors (Lipinski definition) is 4. The van der Waals surface area contributed by atoms with Gasteiger partial charge in [0.1, 0.15) is 23.5 Å². The summed E-state index contributed by atoms with van der Waals surface area (Å²) in [6.45, 7) is 14.4. The average molecular weight is 1010 g/mol. The van der Waals surface area contributed by atoms with Crippen LogP contribution in [0.3, 0.4) is 0 Å². The molecule has 3 aliphatic rings. The summed E-state index contributed by atoms with van der Waals surface area (Å²) in [5.74, 6) is 0.682. The van der Waals surface area contributed by atoms with E-state index in [0.717, 1.165) is 104 Å². The first-order chi connectivity index (χ1) is 35.0. The Morgan fingerprint density at radius 2 is 1.62 bits per heavy atom. The molecule has 8 rings (SSSR count). The second kappa shape index (κ2) is 23.1. The number of thiazole rings is 1. The summed E-state index contributed by atoms with van der Waals surface area (Å²) in [5.41, 5.74) is 7.97. The van der Waals surface area contributed by atoms with Crippen molar-refractivity contribution in [1.29, 1.82) is 0 Å². The number of aryl methyl sites for hydroxylation is 1. The van der Waals surface area contributed by atoms with E-state index in [1.165, 1.54) is 4.90 Å². The molecule has 4 amide bonds. The summed E-state index contributed by atoms with van der Waals surface area (Å²) in [7, 11) is 5.29. The largest absolute Gasteiger partial charge is 0.494 e. The number of rotatable bonds is 18. The number of unbranched alkanes of at least 4 members (excludes halogenated alkanes) is 4. The Morgan fingerprint density at radius 1 is 0.890 bits per heavy atom. The molecule has 4 atom stereocenters. The highest BCUT2D eigenvalue weighted by Gasteiger charge is 2.45. The van der Waals surface area contributed by atoms with Crippen molar-refractivity contribution in [2.24, 2.45) is 5.41 Å². The molecular formula is C55H71N11O6S. The molecule has 5 heterocycles. The first-order valence-electron chi connectivity index (χ1n) is 25.5. The molecule has 4 N–H and O–H groups in total. The highest BCUT2D eigenvalue weighted by molar-refractivity contribution is 7.13. The Labute approximate surface area is 433 Å². The fourth-order valence-corrected chi connectivity index (χ4v) is 10.8. The fourth-order valence-electron chi connectivity index (χ4n) is 9.99. The molecule has 18 heteroatoms. The number of para-hydroxylation sites is 1. The first kappa shape index (κ1) is 52.7. The third-order valence-corrected chi connectivity index (χ3v) is 15.3. The number of aliphatic hydroxyl groups is 1. The number of piperazine rings is 1. The topological polar surface area (TPSA) is 189 Å². The highest BCUT2D eigenvalue weighted by atomic mass is 32.1. The van der Waals surface area contributed by atoms with E-state index in [1.54, 1.807) is 36.6 Å². The van der Waals surface area contributed by atoms with Gasteiger partial charge in [-0.25, -0.2) is 9.97 Å². The fraction of sp³-hybridized carbons (Fsp3) is 0.473. The molecule has 2 aromatic heterocycles. The Hall–Kier alpha value is -6.63. The molecule has 0 spiro atoms. The molecule has 2 fully saturated rings. The van der Waals surface area contributed by atoms with Gasteiger partial charge in [0, 0.05) is 71.4 Å². The minimum Gasteiger partial charge on any atom is -0.494 e. The number of β-amino-alcohol motifs (C(OH)–C–C–N with tert-alkyl or cyclic N) is 1. The summed E-state index contributed by atoms with van der Waals surface area (Å²) in [4.78, 5) is 79.1. The molecule has 388 valence electrons. The lowest BCUT2D eigenvalue weighted by Crippen LogP contribution is -2.57. The van der Waals surface area contributed by atoms with Crippen LogP contribution >= 0.6 is 11.3 Å². The molecule has 0 saturated carbocycles. The number of amides is 4. The van der Waals surface area contributed by atoms with Crippen LogP contribution < -0.4 is 35.4 Å². The minimum atomic E-state index is -0.856. The third-order valence-electron chi connectivity index (χ3n) is 14.3. The maximum Gasteiger partial charge on any atom is 0.260 e. The van der Waals surface area contributed by atoms with Crippen LogP contribution in [0.5, 0.6) is 5.75 Å². The first-order valence-corrected chi connectivity index (χ1v) is 26.4. The van der Waals surface area contributed by atoms with E-state index >= 15 is 0 Å². The molecule has 0 bridgehead atoms. The maximum atomic E-state index is 14.2. The average Bonchev–Trinajstić information content (AvgIpc) is 4.00. The van der Waals surface area contributed by atoms with Gasteiger partial charge in [0.2, 0.25) is 23.7 Å². The van der Waals surface area contributed by atoms with Crippen molar-refractivity contribution in [2.45, 2.75) is 104 Å². The Kier molecular flexibility index (Phi) is 16.6. The van der Waals surface area contributed by atoms with Crippen LogP contribution in [0, 0.1) is 12.3 Å². The lowest BCUT2D eigenvalue weighted by atomic mass is 9.85. The number of hydrogen-bond acceptors (Lipinski definition) is 14. The number of anilines is 6. The van der Waals surface area contributed by atoms with Crippen molar-refractivity contribution in [3.63, 3.8) is 0 Å². The second-order valence-electron chi connectivity index (χ2n) is 20.6. The lowest BCUT2D eigenvalue weighted by Gasteiger charge is -2.36. The van der Waals surface area contributed by atoms with E-state index in [2.05, 4.69) is 41.8 Å². The van der Waals surface area contributed by atoms with Crippen LogP contribution in [0.2, 0.25) is 0 Å².